The summed E-state index contributed by atoms with van der Waals surface area (Å²) in [4.78, 5) is 11.5. The van der Waals surface area contributed by atoms with E-state index in [2.05, 4.69) is 58.3 Å². The molecule has 0 N–H and O–H groups in total. The van der Waals surface area contributed by atoms with Crippen molar-refractivity contribution in [3.8, 4) is 0 Å². The first-order valence-electron chi connectivity index (χ1n) is 6.51. The Bertz CT molecular complexity index is 411. The highest BCUT2D eigenvalue weighted by atomic mass is 79.9. The van der Waals surface area contributed by atoms with Gasteiger partial charge in [0.1, 0.15) is 16.2 Å². The van der Waals surface area contributed by atoms with E-state index in [0.29, 0.717) is 5.92 Å². The summed E-state index contributed by atoms with van der Waals surface area (Å²) in [5.74, 6) is 3.55. The third-order valence-electron chi connectivity index (χ3n) is 3.13. The molecule has 1 saturated heterocycles. The van der Waals surface area contributed by atoms with Crippen LogP contribution in [0.5, 0.6) is 0 Å². The third kappa shape index (κ3) is 3.38. The van der Waals surface area contributed by atoms with E-state index < -0.39 is 0 Å². The van der Waals surface area contributed by atoms with Gasteiger partial charge in [-0.3, -0.25) is 0 Å². The lowest BCUT2D eigenvalue weighted by molar-refractivity contribution is 0.703. The Morgan fingerprint density at radius 2 is 2.28 bits per heavy atom. The van der Waals surface area contributed by atoms with Gasteiger partial charge in [0, 0.05) is 36.1 Å². The quantitative estimate of drug-likeness (QED) is 0.791. The van der Waals surface area contributed by atoms with Gasteiger partial charge < -0.3 is 4.90 Å². The standard InChI is InChI=1S/C13H20BrN3S/c1-4-10-8-17(5-6-18-10)12-7-11(14)15-13(16-12)9(2)3/h7,9-10H,4-6,8H2,1-3H3. The van der Waals surface area contributed by atoms with Crippen LogP contribution in [-0.2, 0) is 0 Å². The molecule has 5 heteroatoms. The smallest absolute Gasteiger partial charge is 0.134 e. The summed E-state index contributed by atoms with van der Waals surface area (Å²) >= 11 is 5.58. The molecule has 3 nitrogen and oxygen atoms in total. The van der Waals surface area contributed by atoms with Crippen molar-refractivity contribution in [2.45, 2.75) is 38.4 Å². The van der Waals surface area contributed by atoms with E-state index in [9.17, 15) is 0 Å². The van der Waals surface area contributed by atoms with Crippen molar-refractivity contribution in [2.75, 3.05) is 23.7 Å². The van der Waals surface area contributed by atoms with Crippen LogP contribution in [0.3, 0.4) is 0 Å². The van der Waals surface area contributed by atoms with Crippen molar-refractivity contribution in [1.82, 2.24) is 9.97 Å². The Kier molecular flexibility index (Phi) is 4.90. The van der Waals surface area contributed by atoms with Gasteiger partial charge in [-0.1, -0.05) is 20.8 Å². The van der Waals surface area contributed by atoms with Crippen LogP contribution in [0.1, 0.15) is 38.9 Å². The van der Waals surface area contributed by atoms with E-state index in [1.807, 2.05) is 6.07 Å². The minimum absolute atomic E-state index is 0.363. The average Bonchev–Trinajstić information content (AvgIpc) is 2.38. The maximum Gasteiger partial charge on any atom is 0.134 e. The van der Waals surface area contributed by atoms with Crippen LogP contribution >= 0.6 is 27.7 Å². The van der Waals surface area contributed by atoms with E-state index in [4.69, 9.17) is 4.98 Å². The predicted octanol–water partition coefficient (Wildman–Crippen LogP) is 3.69. The summed E-state index contributed by atoms with van der Waals surface area (Å²) in [6.07, 6.45) is 1.23. The van der Waals surface area contributed by atoms with Crippen LogP contribution in [0.4, 0.5) is 5.82 Å². The second-order valence-electron chi connectivity index (χ2n) is 4.91. The number of anilines is 1. The predicted molar refractivity (Wildman–Crippen MR) is 82.6 cm³/mol. The molecule has 1 aromatic heterocycles. The fourth-order valence-corrected chi connectivity index (χ4v) is 3.58. The fourth-order valence-electron chi connectivity index (χ4n) is 2.02. The van der Waals surface area contributed by atoms with Gasteiger partial charge in [-0.2, -0.15) is 11.8 Å². The molecule has 1 fully saturated rings. The monoisotopic (exact) mass is 329 g/mol. The highest BCUT2D eigenvalue weighted by molar-refractivity contribution is 9.10. The Balaban J connectivity index is 2.21. The summed E-state index contributed by atoms with van der Waals surface area (Å²) in [5.41, 5.74) is 0. The first kappa shape index (κ1) is 14.1. The van der Waals surface area contributed by atoms with Gasteiger partial charge in [-0.15, -0.1) is 0 Å². The van der Waals surface area contributed by atoms with Crippen LogP contribution < -0.4 is 4.90 Å². The van der Waals surface area contributed by atoms with Crippen molar-refractivity contribution < 1.29 is 0 Å². The van der Waals surface area contributed by atoms with Crippen LogP contribution in [-0.4, -0.2) is 34.1 Å². The number of halogens is 1. The van der Waals surface area contributed by atoms with Crippen molar-refractivity contribution >= 4 is 33.5 Å². The van der Waals surface area contributed by atoms with Crippen LogP contribution in [0.15, 0.2) is 10.7 Å². The molecule has 1 unspecified atom stereocenters. The molecule has 1 aliphatic heterocycles. The molecular formula is C13H20BrN3S. The number of rotatable bonds is 3. The van der Waals surface area contributed by atoms with Gasteiger partial charge in [0.25, 0.3) is 0 Å². The van der Waals surface area contributed by atoms with Gasteiger partial charge >= 0.3 is 0 Å². The molecule has 1 aliphatic rings. The fraction of sp³-hybridized carbons (Fsp3) is 0.692. The molecule has 0 aromatic carbocycles. The highest BCUT2D eigenvalue weighted by Crippen LogP contribution is 2.26. The first-order valence-corrected chi connectivity index (χ1v) is 8.35. The zero-order chi connectivity index (χ0) is 13.1. The van der Waals surface area contributed by atoms with Crippen LogP contribution in [0.25, 0.3) is 0 Å². The number of thioether (sulfide) groups is 1. The second-order valence-corrected chi connectivity index (χ2v) is 7.13. The van der Waals surface area contributed by atoms with Gasteiger partial charge in [0.15, 0.2) is 0 Å². The minimum atomic E-state index is 0.363. The van der Waals surface area contributed by atoms with E-state index in [0.717, 1.165) is 34.6 Å². The zero-order valence-electron chi connectivity index (χ0n) is 11.2. The van der Waals surface area contributed by atoms with Crippen molar-refractivity contribution in [3.05, 3.63) is 16.5 Å². The molecule has 100 valence electrons. The lowest BCUT2D eigenvalue weighted by atomic mass is 10.2. The molecule has 1 atom stereocenters. The maximum absolute atomic E-state index is 4.70. The van der Waals surface area contributed by atoms with E-state index in [-0.39, 0.29) is 0 Å². The second kappa shape index (κ2) is 6.24. The van der Waals surface area contributed by atoms with Gasteiger partial charge in [-0.25, -0.2) is 9.97 Å². The zero-order valence-corrected chi connectivity index (χ0v) is 13.6. The molecule has 2 rings (SSSR count). The summed E-state index contributed by atoms with van der Waals surface area (Å²) in [6.45, 7) is 8.71. The van der Waals surface area contributed by atoms with Crippen molar-refractivity contribution in [3.63, 3.8) is 0 Å². The highest BCUT2D eigenvalue weighted by Gasteiger charge is 2.21. The summed E-state index contributed by atoms with van der Waals surface area (Å²) in [5, 5.41) is 0.731. The summed E-state index contributed by atoms with van der Waals surface area (Å²) < 4.78 is 0.891. The summed E-state index contributed by atoms with van der Waals surface area (Å²) in [6, 6.07) is 2.04. The molecule has 0 aliphatic carbocycles. The largest absolute Gasteiger partial charge is 0.355 e. The van der Waals surface area contributed by atoms with E-state index in [1.165, 1.54) is 12.2 Å². The van der Waals surface area contributed by atoms with E-state index in [1.54, 1.807) is 0 Å². The van der Waals surface area contributed by atoms with Gasteiger partial charge in [0.2, 0.25) is 0 Å². The van der Waals surface area contributed by atoms with Crippen molar-refractivity contribution in [1.29, 1.82) is 0 Å². The van der Waals surface area contributed by atoms with Crippen LogP contribution in [0.2, 0.25) is 0 Å². The molecule has 2 heterocycles. The molecule has 18 heavy (non-hydrogen) atoms. The van der Waals surface area contributed by atoms with Crippen molar-refractivity contribution in [2.24, 2.45) is 0 Å². The Morgan fingerprint density at radius 1 is 1.50 bits per heavy atom. The number of nitrogens with zero attached hydrogens (tertiary/aromatic N) is 3. The molecule has 0 amide bonds. The molecule has 1 aromatic rings. The Labute approximate surface area is 122 Å². The van der Waals surface area contributed by atoms with Crippen LogP contribution in [0, 0.1) is 0 Å². The molecule has 0 spiro atoms. The maximum atomic E-state index is 4.70. The first-order chi connectivity index (χ1) is 8.60. The lowest BCUT2D eigenvalue weighted by Crippen LogP contribution is -2.38. The topological polar surface area (TPSA) is 29.0 Å². The van der Waals surface area contributed by atoms with E-state index >= 15 is 0 Å². The average molecular weight is 330 g/mol. The SMILES string of the molecule is CCC1CN(c2cc(Br)nc(C(C)C)n2)CCS1. The Morgan fingerprint density at radius 3 is 2.94 bits per heavy atom. The molecular weight excluding hydrogens is 310 g/mol. The lowest BCUT2D eigenvalue weighted by Gasteiger charge is -2.33. The summed E-state index contributed by atoms with van der Waals surface area (Å²) in [7, 11) is 0. The Hall–Kier alpha value is -0.290. The van der Waals surface area contributed by atoms with Gasteiger partial charge in [-0.05, 0) is 22.4 Å². The number of aromatic nitrogens is 2. The van der Waals surface area contributed by atoms with Gasteiger partial charge in [0.05, 0.1) is 0 Å². The molecule has 0 bridgehead atoms. The number of hydrogen-bond acceptors (Lipinski definition) is 4. The number of hydrogen-bond donors (Lipinski definition) is 0. The molecule has 0 radical (unpaired) electrons. The normalized spacial score (nSPS) is 20.5. The third-order valence-corrected chi connectivity index (χ3v) is 4.91. The minimum Gasteiger partial charge on any atom is -0.355 e. The molecule has 0 saturated carbocycles.